The van der Waals surface area contributed by atoms with E-state index in [4.69, 9.17) is 9.72 Å². The van der Waals surface area contributed by atoms with Gasteiger partial charge in [0.2, 0.25) is 17.7 Å². The Bertz CT molecular complexity index is 1970. The highest BCUT2D eigenvalue weighted by Gasteiger charge is 2.39. The molecule has 288 valence electrons. The van der Waals surface area contributed by atoms with Crippen LogP contribution in [0, 0.1) is 11.8 Å². The van der Waals surface area contributed by atoms with E-state index in [-0.39, 0.29) is 29.6 Å². The molecule has 5 rings (SSSR count). The summed E-state index contributed by atoms with van der Waals surface area (Å²) in [6.07, 6.45) is 2.21. The summed E-state index contributed by atoms with van der Waals surface area (Å²) in [6, 6.07) is 15.9. The predicted molar refractivity (Wildman–Crippen MR) is 207 cm³/mol. The van der Waals surface area contributed by atoms with Crippen LogP contribution in [-0.2, 0) is 30.3 Å². The number of likely N-dealkylation sites (tertiary alicyclic amines) is 1. The molecule has 0 spiro atoms. The molecule has 14 heteroatoms. The Morgan fingerprint density at radius 1 is 0.852 bits per heavy atom. The summed E-state index contributed by atoms with van der Waals surface area (Å²) in [5.41, 5.74) is 4.48. The lowest BCUT2D eigenvalue weighted by atomic mass is 10.0. The van der Waals surface area contributed by atoms with Crippen molar-refractivity contribution in [3.8, 4) is 11.1 Å². The van der Waals surface area contributed by atoms with Crippen LogP contribution in [0.3, 0.4) is 0 Å². The number of unbranched alkanes of at least 4 members (excludes halogenated alkanes) is 1. The molecule has 0 aliphatic carbocycles. The van der Waals surface area contributed by atoms with Gasteiger partial charge in [-0.2, -0.15) is 0 Å². The molecule has 0 unspecified atom stereocenters. The molecule has 5 amide bonds. The van der Waals surface area contributed by atoms with E-state index in [1.807, 2.05) is 58.0 Å². The number of H-pyrrole nitrogens is 1. The molecule has 0 saturated carbocycles. The van der Waals surface area contributed by atoms with Crippen LogP contribution in [0.25, 0.3) is 32.9 Å². The molecule has 1 saturated heterocycles. The van der Waals surface area contributed by atoms with E-state index in [0.717, 1.165) is 58.0 Å². The quantitative estimate of drug-likeness (QED) is 0.105. The van der Waals surface area contributed by atoms with Gasteiger partial charge < -0.3 is 40.6 Å². The van der Waals surface area contributed by atoms with Crippen LogP contribution in [0.2, 0.25) is 0 Å². The van der Waals surface area contributed by atoms with Gasteiger partial charge in [0.25, 0.3) is 0 Å². The number of fused-ring (bicyclic) bond motifs is 3. The highest BCUT2D eigenvalue weighted by atomic mass is 16.5. The van der Waals surface area contributed by atoms with Crippen molar-refractivity contribution in [2.45, 2.75) is 77.9 Å². The van der Waals surface area contributed by atoms with E-state index in [9.17, 15) is 24.0 Å². The molecular formula is C40H51N7O7. The van der Waals surface area contributed by atoms with Crippen LogP contribution in [0.1, 0.15) is 59.2 Å². The lowest BCUT2D eigenvalue weighted by molar-refractivity contribution is -0.139. The largest absolute Gasteiger partial charge is 0.453 e. The number of benzene rings is 3. The summed E-state index contributed by atoms with van der Waals surface area (Å²) in [5, 5.41) is 13.1. The molecule has 0 radical (unpaired) electrons. The van der Waals surface area contributed by atoms with Gasteiger partial charge in [0.05, 0.1) is 25.3 Å². The smallest absolute Gasteiger partial charge is 0.407 e. The number of alkyl carbamates (subject to hydrolysis) is 2. The molecule has 3 atom stereocenters. The average Bonchev–Trinajstić information content (AvgIpc) is 3.83. The van der Waals surface area contributed by atoms with Crippen molar-refractivity contribution in [1.82, 2.24) is 30.8 Å². The van der Waals surface area contributed by atoms with Crippen LogP contribution in [0.15, 0.2) is 54.6 Å². The summed E-state index contributed by atoms with van der Waals surface area (Å²) in [7, 11) is 2.52. The molecule has 5 N–H and O–H groups in total. The molecule has 3 aromatic carbocycles. The van der Waals surface area contributed by atoms with Crippen molar-refractivity contribution < 1.29 is 33.4 Å². The summed E-state index contributed by atoms with van der Waals surface area (Å²) in [6.45, 7) is 8.33. The summed E-state index contributed by atoms with van der Waals surface area (Å²) in [4.78, 5) is 72.6. The van der Waals surface area contributed by atoms with Gasteiger partial charge in [-0.3, -0.25) is 14.4 Å². The van der Waals surface area contributed by atoms with Crippen molar-refractivity contribution >= 4 is 57.4 Å². The number of imidazole rings is 1. The van der Waals surface area contributed by atoms with E-state index < -0.39 is 30.3 Å². The van der Waals surface area contributed by atoms with Crippen LogP contribution in [0.5, 0.6) is 0 Å². The van der Waals surface area contributed by atoms with Crippen molar-refractivity contribution in [3.63, 3.8) is 0 Å². The average molecular weight is 742 g/mol. The second kappa shape index (κ2) is 17.9. The lowest BCUT2D eigenvalue weighted by Gasteiger charge is -2.30. The Morgan fingerprint density at radius 2 is 1.52 bits per heavy atom. The minimum Gasteiger partial charge on any atom is -0.453 e. The number of ether oxygens (including phenoxy) is 2. The van der Waals surface area contributed by atoms with E-state index in [0.29, 0.717) is 31.6 Å². The van der Waals surface area contributed by atoms with E-state index in [2.05, 4.69) is 55.3 Å². The van der Waals surface area contributed by atoms with Gasteiger partial charge in [-0.15, -0.1) is 0 Å². The highest BCUT2D eigenvalue weighted by Crippen LogP contribution is 2.30. The van der Waals surface area contributed by atoms with Crippen LogP contribution >= 0.6 is 0 Å². The zero-order chi connectivity index (χ0) is 38.9. The Morgan fingerprint density at radius 3 is 2.19 bits per heavy atom. The number of anilines is 1. The first-order chi connectivity index (χ1) is 25.9. The van der Waals surface area contributed by atoms with Crippen molar-refractivity contribution in [1.29, 1.82) is 0 Å². The number of aryl methyl sites for hydroxylation is 1. The van der Waals surface area contributed by atoms with Crippen LogP contribution < -0.4 is 21.3 Å². The van der Waals surface area contributed by atoms with Gasteiger partial charge in [0.1, 0.15) is 23.9 Å². The number of aromatic nitrogens is 2. The number of carbonyl (C=O) groups excluding carboxylic acids is 5. The minimum atomic E-state index is -0.792. The third kappa shape index (κ3) is 9.46. The standard InChI is InChI=1S/C40H51N7O7/c1-23(2)33(45-39(51)53-5)37(49)41-20-8-7-11-32-43-30-19-15-27-22-26(14-18-29(27)35(30)44-32)25-12-16-28(17-13-25)42-36(48)31-10-9-21-47(31)38(50)34(24(3)4)46-40(52)54-6/h12-19,22-24,31,33-34H,7-11,20-21H2,1-6H3,(H,41,49)(H,42,48)(H,43,44)(H,45,51)(H,46,52)/t31-,33-,34-/m0/s1. The zero-order valence-electron chi connectivity index (χ0n) is 31.8. The molecular weight excluding hydrogens is 690 g/mol. The highest BCUT2D eigenvalue weighted by molar-refractivity contribution is 6.05. The van der Waals surface area contributed by atoms with Crippen LogP contribution in [0.4, 0.5) is 15.3 Å². The maximum atomic E-state index is 13.4. The Kier molecular flexibility index (Phi) is 13.1. The molecule has 14 nitrogen and oxygen atoms in total. The first-order valence-corrected chi connectivity index (χ1v) is 18.5. The molecule has 1 aliphatic heterocycles. The second-order valence-electron chi connectivity index (χ2n) is 14.3. The number of carbonyl (C=O) groups is 5. The van der Waals surface area contributed by atoms with Crippen LogP contribution in [-0.4, -0.2) is 90.2 Å². The number of methoxy groups -OCH3 is 2. The number of hydrogen-bond donors (Lipinski definition) is 5. The van der Waals surface area contributed by atoms with E-state index in [1.165, 1.54) is 14.2 Å². The Balaban J connectivity index is 1.17. The summed E-state index contributed by atoms with van der Waals surface area (Å²) >= 11 is 0. The topological polar surface area (TPSA) is 184 Å². The number of aromatic amines is 1. The monoisotopic (exact) mass is 741 g/mol. The van der Waals surface area contributed by atoms with Gasteiger partial charge in [0, 0.05) is 30.6 Å². The third-order valence-electron chi connectivity index (χ3n) is 9.78. The van der Waals surface area contributed by atoms with Gasteiger partial charge in [0.15, 0.2) is 0 Å². The number of nitrogens with one attached hydrogen (secondary N) is 5. The van der Waals surface area contributed by atoms with Crippen molar-refractivity contribution in [2.75, 3.05) is 32.6 Å². The molecule has 54 heavy (non-hydrogen) atoms. The predicted octanol–water partition coefficient (Wildman–Crippen LogP) is 5.51. The molecule has 2 heterocycles. The van der Waals surface area contributed by atoms with Crippen molar-refractivity contribution in [3.05, 3.63) is 60.4 Å². The van der Waals surface area contributed by atoms with Gasteiger partial charge in [-0.1, -0.05) is 58.0 Å². The molecule has 4 aromatic rings. The maximum Gasteiger partial charge on any atom is 0.407 e. The Labute approximate surface area is 315 Å². The number of hydrogen-bond acceptors (Lipinski definition) is 8. The lowest BCUT2D eigenvalue weighted by Crippen LogP contribution is -2.54. The SMILES string of the molecule is COC(=O)N[C@H](C(=O)NCCCCc1nc2c(ccc3cc(-c4ccc(NC(=O)[C@@H]5CCCN5C(=O)[C@@H](NC(=O)OC)C(C)C)cc4)ccc32)[nH]1)C(C)C. The minimum absolute atomic E-state index is 0.0797. The summed E-state index contributed by atoms with van der Waals surface area (Å²) in [5.74, 6) is -0.182. The number of amides is 5. The summed E-state index contributed by atoms with van der Waals surface area (Å²) < 4.78 is 9.33. The van der Waals surface area contributed by atoms with Crippen molar-refractivity contribution in [2.24, 2.45) is 11.8 Å². The molecule has 1 aliphatic rings. The Hall–Kier alpha value is -5.66. The van der Waals surface area contributed by atoms with E-state index >= 15 is 0 Å². The van der Waals surface area contributed by atoms with Gasteiger partial charge >= 0.3 is 12.2 Å². The fourth-order valence-electron chi connectivity index (χ4n) is 6.76. The zero-order valence-corrected chi connectivity index (χ0v) is 31.8. The van der Waals surface area contributed by atoms with Gasteiger partial charge in [-0.05, 0) is 78.3 Å². The van der Waals surface area contributed by atoms with E-state index in [1.54, 1.807) is 4.90 Å². The first-order valence-electron chi connectivity index (χ1n) is 18.5. The fraction of sp³-hybridized carbons (Fsp3) is 0.450. The first kappa shape index (κ1) is 39.5. The molecule has 0 bridgehead atoms. The molecule has 1 aromatic heterocycles. The number of nitrogens with zero attached hydrogens (tertiary/aromatic N) is 2. The maximum absolute atomic E-state index is 13.4. The molecule has 1 fully saturated rings. The fourth-order valence-corrected chi connectivity index (χ4v) is 6.76. The third-order valence-corrected chi connectivity index (χ3v) is 9.78. The second-order valence-corrected chi connectivity index (χ2v) is 14.3. The number of rotatable bonds is 14. The normalized spacial score (nSPS) is 15.3. The van der Waals surface area contributed by atoms with Gasteiger partial charge in [-0.25, -0.2) is 14.6 Å².